The second-order valence-corrected chi connectivity index (χ2v) is 4.86. The van der Waals surface area contributed by atoms with Crippen molar-refractivity contribution in [3.05, 3.63) is 29.8 Å². The Hall–Kier alpha value is -2.04. The molecule has 0 fully saturated rings. The van der Waals surface area contributed by atoms with Crippen LogP contribution in [0, 0.1) is 5.92 Å². The van der Waals surface area contributed by atoms with Gasteiger partial charge < -0.3 is 16.4 Å². The number of nitrogens with two attached hydrogens (primary N) is 1. The predicted molar refractivity (Wildman–Crippen MR) is 75.6 cm³/mol. The SMILES string of the molecule is CNC(=O)C(CC(C)C)NC(=O)c1ccccc1N. The molecular formula is C14H21N3O2. The molecule has 0 bridgehead atoms. The van der Waals surface area contributed by atoms with Gasteiger partial charge in [-0.25, -0.2) is 0 Å². The minimum absolute atomic E-state index is 0.198. The fraction of sp³-hybridized carbons (Fsp3) is 0.429. The third-order valence-electron chi connectivity index (χ3n) is 2.78. The second kappa shape index (κ2) is 6.78. The van der Waals surface area contributed by atoms with Gasteiger partial charge in [0.2, 0.25) is 5.91 Å². The van der Waals surface area contributed by atoms with Crippen molar-refractivity contribution in [2.24, 2.45) is 5.92 Å². The van der Waals surface area contributed by atoms with E-state index < -0.39 is 6.04 Å². The van der Waals surface area contributed by atoms with E-state index in [9.17, 15) is 9.59 Å². The first-order valence-electron chi connectivity index (χ1n) is 6.32. The zero-order valence-electron chi connectivity index (χ0n) is 11.6. The Morgan fingerprint density at radius 1 is 1.26 bits per heavy atom. The van der Waals surface area contributed by atoms with Crippen LogP contribution in [0.5, 0.6) is 0 Å². The summed E-state index contributed by atoms with van der Waals surface area (Å²) in [5.41, 5.74) is 6.54. The maximum Gasteiger partial charge on any atom is 0.254 e. The van der Waals surface area contributed by atoms with E-state index in [1.807, 2.05) is 13.8 Å². The molecule has 0 aliphatic rings. The molecule has 1 atom stereocenters. The first-order chi connectivity index (χ1) is 8.95. The zero-order valence-corrected chi connectivity index (χ0v) is 11.6. The monoisotopic (exact) mass is 263 g/mol. The van der Waals surface area contributed by atoms with Crippen molar-refractivity contribution in [2.45, 2.75) is 26.3 Å². The van der Waals surface area contributed by atoms with Gasteiger partial charge >= 0.3 is 0 Å². The molecule has 0 aliphatic carbocycles. The van der Waals surface area contributed by atoms with Gasteiger partial charge in [0.05, 0.1) is 5.56 Å². The van der Waals surface area contributed by atoms with Crippen LogP contribution < -0.4 is 16.4 Å². The fourth-order valence-electron chi connectivity index (χ4n) is 1.82. The molecule has 0 aliphatic heterocycles. The van der Waals surface area contributed by atoms with Crippen LogP contribution in [-0.4, -0.2) is 24.9 Å². The maximum atomic E-state index is 12.1. The number of para-hydroxylation sites is 1. The molecule has 2 amide bonds. The number of hydrogen-bond donors (Lipinski definition) is 3. The molecule has 0 radical (unpaired) electrons. The molecule has 0 saturated heterocycles. The molecule has 1 rings (SSSR count). The van der Waals surface area contributed by atoms with Gasteiger partial charge in [0.15, 0.2) is 0 Å². The Kier molecular flexibility index (Phi) is 5.36. The van der Waals surface area contributed by atoms with E-state index in [0.29, 0.717) is 23.6 Å². The van der Waals surface area contributed by atoms with Gasteiger partial charge in [-0.3, -0.25) is 9.59 Å². The number of benzene rings is 1. The number of likely N-dealkylation sites (N-methyl/N-ethyl adjacent to an activating group) is 1. The Bertz CT molecular complexity index is 458. The number of nitrogen functional groups attached to an aromatic ring is 1. The van der Waals surface area contributed by atoms with Crippen LogP contribution in [0.4, 0.5) is 5.69 Å². The summed E-state index contributed by atoms with van der Waals surface area (Å²) in [6, 6.07) is 6.25. The van der Waals surface area contributed by atoms with Gasteiger partial charge in [0, 0.05) is 12.7 Å². The van der Waals surface area contributed by atoms with Crippen molar-refractivity contribution in [3.8, 4) is 0 Å². The summed E-state index contributed by atoms with van der Waals surface area (Å²) in [6.07, 6.45) is 0.581. The van der Waals surface area contributed by atoms with Gasteiger partial charge in [-0.2, -0.15) is 0 Å². The van der Waals surface area contributed by atoms with Crippen LogP contribution >= 0.6 is 0 Å². The van der Waals surface area contributed by atoms with Gasteiger partial charge in [-0.1, -0.05) is 26.0 Å². The molecule has 5 heteroatoms. The van der Waals surface area contributed by atoms with Crippen molar-refractivity contribution in [3.63, 3.8) is 0 Å². The van der Waals surface area contributed by atoms with Crippen LogP contribution in [0.1, 0.15) is 30.6 Å². The average Bonchev–Trinajstić information content (AvgIpc) is 2.36. The lowest BCUT2D eigenvalue weighted by Gasteiger charge is -2.19. The highest BCUT2D eigenvalue weighted by Gasteiger charge is 2.22. The van der Waals surface area contributed by atoms with Crippen molar-refractivity contribution in [2.75, 3.05) is 12.8 Å². The summed E-state index contributed by atoms with van der Waals surface area (Å²) < 4.78 is 0. The predicted octanol–water partition coefficient (Wildman–Crippen LogP) is 1.16. The number of carbonyl (C=O) groups excluding carboxylic acids is 2. The van der Waals surface area contributed by atoms with E-state index in [1.165, 1.54) is 0 Å². The number of hydrogen-bond acceptors (Lipinski definition) is 3. The smallest absolute Gasteiger partial charge is 0.254 e. The van der Waals surface area contributed by atoms with Gasteiger partial charge in [0.25, 0.3) is 5.91 Å². The van der Waals surface area contributed by atoms with Gasteiger partial charge in [-0.15, -0.1) is 0 Å². The Balaban J connectivity index is 2.82. The Morgan fingerprint density at radius 3 is 2.42 bits per heavy atom. The zero-order chi connectivity index (χ0) is 14.4. The quantitative estimate of drug-likeness (QED) is 0.697. The molecule has 5 nitrogen and oxygen atoms in total. The van der Waals surface area contributed by atoms with Crippen molar-refractivity contribution >= 4 is 17.5 Å². The van der Waals surface area contributed by atoms with Crippen LogP contribution in [-0.2, 0) is 4.79 Å². The normalized spacial score (nSPS) is 12.0. The summed E-state index contributed by atoms with van der Waals surface area (Å²) in [7, 11) is 1.55. The molecule has 0 spiro atoms. The lowest BCUT2D eigenvalue weighted by Crippen LogP contribution is -2.46. The fourth-order valence-corrected chi connectivity index (χ4v) is 1.82. The molecule has 1 unspecified atom stereocenters. The maximum absolute atomic E-state index is 12.1. The first kappa shape index (κ1) is 15.0. The van der Waals surface area contributed by atoms with E-state index in [0.717, 1.165) is 0 Å². The second-order valence-electron chi connectivity index (χ2n) is 4.86. The van der Waals surface area contributed by atoms with E-state index in [-0.39, 0.29) is 11.8 Å². The summed E-state index contributed by atoms with van der Waals surface area (Å²) in [4.78, 5) is 23.8. The van der Waals surface area contributed by atoms with Crippen molar-refractivity contribution in [1.82, 2.24) is 10.6 Å². The molecular weight excluding hydrogens is 242 g/mol. The highest BCUT2D eigenvalue weighted by Crippen LogP contribution is 2.12. The summed E-state index contributed by atoms with van der Waals surface area (Å²) in [5, 5.41) is 5.28. The lowest BCUT2D eigenvalue weighted by atomic mass is 10.0. The largest absolute Gasteiger partial charge is 0.398 e. The Morgan fingerprint density at radius 2 is 1.89 bits per heavy atom. The summed E-state index contributed by atoms with van der Waals surface area (Å²) >= 11 is 0. The third-order valence-corrected chi connectivity index (χ3v) is 2.78. The Labute approximate surface area is 113 Å². The third kappa shape index (κ3) is 4.28. The van der Waals surface area contributed by atoms with Crippen molar-refractivity contribution < 1.29 is 9.59 Å². The molecule has 19 heavy (non-hydrogen) atoms. The first-order valence-corrected chi connectivity index (χ1v) is 6.32. The number of amides is 2. The molecule has 1 aromatic carbocycles. The average molecular weight is 263 g/mol. The summed E-state index contributed by atoms with van der Waals surface area (Å²) in [6.45, 7) is 4.00. The van der Waals surface area contributed by atoms with E-state index in [2.05, 4.69) is 10.6 Å². The van der Waals surface area contributed by atoms with Gasteiger partial charge in [-0.05, 0) is 24.5 Å². The molecule has 104 valence electrons. The highest BCUT2D eigenvalue weighted by atomic mass is 16.2. The number of nitrogens with one attached hydrogen (secondary N) is 2. The molecule has 4 N–H and O–H groups in total. The standard InChI is InChI=1S/C14H21N3O2/c1-9(2)8-12(14(19)16-3)17-13(18)10-6-4-5-7-11(10)15/h4-7,9,12H,8,15H2,1-3H3,(H,16,19)(H,17,18). The topological polar surface area (TPSA) is 84.2 Å². The molecule has 0 aromatic heterocycles. The lowest BCUT2D eigenvalue weighted by molar-refractivity contribution is -0.122. The molecule has 1 aromatic rings. The minimum Gasteiger partial charge on any atom is -0.398 e. The van der Waals surface area contributed by atoms with Crippen LogP contribution in [0.2, 0.25) is 0 Å². The van der Waals surface area contributed by atoms with Crippen LogP contribution in [0.15, 0.2) is 24.3 Å². The van der Waals surface area contributed by atoms with E-state index in [4.69, 9.17) is 5.73 Å². The van der Waals surface area contributed by atoms with Crippen molar-refractivity contribution in [1.29, 1.82) is 0 Å². The van der Waals surface area contributed by atoms with E-state index in [1.54, 1.807) is 31.3 Å². The van der Waals surface area contributed by atoms with E-state index >= 15 is 0 Å². The summed E-state index contributed by atoms with van der Waals surface area (Å²) in [5.74, 6) is -0.223. The highest BCUT2D eigenvalue weighted by molar-refractivity contribution is 6.01. The van der Waals surface area contributed by atoms with Gasteiger partial charge in [0.1, 0.15) is 6.04 Å². The molecule has 0 saturated carbocycles. The van der Waals surface area contributed by atoms with Crippen LogP contribution in [0.3, 0.4) is 0 Å². The number of anilines is 1. The molecule has 0 heterocycles. The number of carbonyl (C=O) groups is 2. The minimum atomic E-state index is -0.544. The number of rotatable bonds is 5. The van der Waals surface area contributed by atoms with Crippen LogP contribution in [0.25, 0.3) is 0 Å².